The van der Waals surface area contributed by atoms with Gasteiger partial charge in [-0.3, -0.25) is 9.69 Å². The predicted octanol–water partition coefficient (Wildman–Crippen LogP) is 2.84. The molecule has 2 aromatic carbocycles. The topological polar surface area (TPSA) is 70.0 Å². The molecule has 1 saturated heterocycles. The van der Waals surface area contributed by atoms with E-state index in [1.807, 2.05) is 11.0 Å². The van der Waals surface area contributed by atoms with Crippen molar-refractivity contribution in [2.75, 3.05) is 13.1 Å². The third kappa shape index (κ3) is 3.60. The van der Waals surface area contributed by atoms with Gasteiger partial charge in [0.2, 0.25) is 0 Å². The van der Waals surface area contributed by atoms with E-state index in [0.29, 0.717) is 25.4 Å². The van der Waals surface area contributed by atoms with Gasteiger partial charge in [0.05, 0.1) is 5.92 Å². The standard InChI is InChI=1S/C17H16FNO4/c18-13-2-4-14(5-3-13)23-16-6-1-11(7-15(16)20)8-19-9-12(10-19)17(21)22/h1-7,12,20H,8-10H2,(H,21,22). The van der Waals surface area contributed by atoms with E-state index in [0.717, 1.165) is 5.56 Å². The molecule has 23 heavy (non-hydrogen) atoms. The highest BCUT2D eigenvalue weighted by atomic mass is 19.1. The van der Waals surface area contributed by atoms with Crippen molar-refractivity contribution in [1.29, 1.82) is 0 Å². The summed E-state index contributed by atoms with van der Waals surface area (Å²) in [5.41, 5.74) is 0.873. The monoisotopic (exact) mass is 317 g/mol. The van der Waals surface area contributed by atoms with E-state index in [2.05, 4.69) is 0 Å². The van der Waals surface area contributed by atoms with Gasteiger partial charge < -0.3 is 14.9 Å². The first-order valence-corrected chi connectivity index (χ1v) is 7.22. The number of likely N-dealkylation sites (tertiary alicyclic amines) is 1. The molecule has 6 heteroatoms. The zero-order valence-electron chi connectivity index (χ0n) is 12.3. The van der Waals surface area contributed by atoms with E-state index in [4.69, 9.17) is 9.84 Å². The Labute approximate surface area is 132 Å². The molecule has 0 aromatic heterocycles. The number of carboxylic acids is 1. The number of aliphatic carboxylic acids is 1. The lowest BCUT2D eigenvalue weighted by Crippen LogP contribution is -2.49. The average molecular weight is 317 g/mol. The number of ether oxygens (including phenoxy) is 1. The van der Waals surface area contributed by atoms with Gasteiger partial charge >= 0.3 is 5.97 Å². The number of hydrogen-bond acceptors (Lipinski definition) is 4. The third-order valence-electron chi connectivity index (χ3n) is 3.78. The number of halogens is 1. The van der Waals surface area contributed by atoms with E-state index in [-0.39, 0.29) is 23.2 Å². The van der Waals surface area contributed by atoms with Crippen molar-refractivity contribution in [3.63, 3.8) is 0 Å². The summed E-state index contributed by atoms with van der Waals surface area (Å²) in [5, 5.41) is 18.9. The smallest absolute Gasteiger partial charge is 0.309 e. The molecule has 5 nitrogen and oxygen atoms in total. The number of carbonyl (C=O) groups is 1. The van der Waals surface area contributed by atoms with Gasteiger partial charge in [-0.15, -0.1) is 0 Å². The number of hydrogen-bond donors (Lipinski definition) is 2. The van der Waals surface area contributed by atoms with Crippen molar-refractivity contribution >= 4 is 5.97 Å². The second kappa shape index (κ2) is 6.26. The quantitative estimate of drug-likeness (QED) is 0.887. The number of benzene rings is 2. The average Bonchev–Trinajstić information content (AvgIpc) is 2.47. The molecule has 1 aliphatic rings. The molecule has 1 fully saturated rings. The summed E-state index contributed by atoms with van der Waals surface area (Å²) >= 11 is 0. The van der Waals surface area contributed by atoms with Crippen LogP contribution in [-0.4, -0.2) is 34.2 Å². The second-order valence-electron chi connectivity index (χ2n) is 5.59. The largest absolute Gasteiger partial charge is 0.504 e. The molecular weight excluding hydrogens is 301 g/mol. The van der Waals surface area contributed by atoms with Crippen molar-refractivity contribution in [1.82, 2.24) is 4.90 Å². The van der Waals surface area contributed by atoms with Crippen LogP contribution < -0.4 is 4.74 Å². The van der Waals surface area contributed by atoms with Gasteiger partial charge in [-0.2, -0.15) is 0 Å². The van der Waals surface area contributed by atoms with Gasteiger partial charge in [0.15, 0.2) is 11.5 Å². The number of aromatic hydroxyl groups is 1. The molecule has 0 aliphatic carbocycles. The maximum atomic E-state index is 12.8. The van der Waals surface area contributed by atoms with Crippen LogP contribution in [0.4, 0.5) is 4.39 Å². The number of phenols is 1. The van der Waals surface area contributed by atoms with Gasteiger partial charge in [0.25, 0.3) is 0 Å². The van der Waals surface area contributed by atoms with Gasteiger partial charge in [0, 0.05) is 19.6 Å². The highest BCUT2D eigenvalue weighted by Crippen LogP contribution is 2.32. The molecule has 2 N–H and O–H groups in total. The number of carboxylic acid groups (broad SMARTS) is 1. The van der Waals surface area contributed by atoms with Crippen molar-refractivity contribution in [2.24, 2.45) is 5.92 Å². The molecule has 0 atom stereocenters. The highest BCUT2D eigenvalue weighted by Gasteiger charge is 2.32. The first-order valence-electron chi connectivity index (χ1n) is 7.22. The van der Waals surface area contributed by atoms with Crippen molar-refractivity contribution in [3.05, 3.63) is 53.8 Å². The van der Waals surface area contributed by atoms with Crippen LogP contribution in [0.25, 0.3) is 0 Å². The molecular formula is C17H16FNO4. The summed E-state index contributed by atoms with van der Waals surface area (Å²) in [6.45, 7) is 1.61. The molecule has 0 amide bonds. The molecule has 2 aromatic rings. The minimum atomic E-state index is -0.771. The summed E-state index contributed by atoms with van der Waals surface area (Å²) in [7, 11) is 0. The number of phenolic OH excluding ortho intramolecular Hbond substituents is 1. The Morgan fingerprint density at radius 2 is 1.91 bits per heavy atom. The molecule has 3 rings (SSSR count). The molecule has 0 spiro atoms. The lowest BCUT2D eigenvalue weighted by molar-refractivity contribution is -0.147. The van der Waals surface area contributed by atoms with Crippen LogP contribution >= 0.6 is 0 Å². The van der Waals surface area contributed by atoms with E-state index < -0.39 is 5.97 Å². The van der Waals surface area contributed by atoms with Crippen LogP contribution in [0.15, 0.2) is 42.5 Å². The van der Waals surface area contributed by atoms with Crippen molar-refractivity contribution < 1.29 is 24.1 Å². The van der Waals surface area contributed by atoms with Crippen LogP contribution in [-0.2, 0) is 11.3 Å². The lowest BCUT2D eigenvalue weighted by Gasteiger charge is -2.36. The minimum Gasteiger partial charge on any atom is -0.504 e. The normalized spacial score (nSPS) is 15.2. The first kappa shape index (κ1) is 15.3. The maximum absolute atomic E-state index is 12.8. The maximum Gasteiger partial charge on any atom is 0.309 e. The Bertz CT molecular complexity index is 711. The molecule has 0 saturated carbocycles. The number of nitrogens with zero attached hydrogens (tertiary/aromatic N) is 1. The van der Waals surface area contributed by atoms with Crippen molar-refractivity contribution in [2.45, 2.75) is 6.54 Å². The molecule has 0 radical (unpaired) electrons. The lowest BCUT2D eigenvalue weighted by atomic mass is 9.99. The fourth-order valence-electron chi connectivity index (χ4n) is 2.49. The molecule has 1 aliphatic heterocycles. The van der Waals surface area contributed by atoms with Crippen molar-refractivity contribution in [3.8, 4) is 17.2 Å². The molecule has 0 bridgehead atoms. The van der Waals surface area contributed by atoms with Crippen LogP contribution in [0.1, 0.15) is 5.56 Å². The summed E-state index contributed by atoms with van der Waals surface area (Å²) in [6.07, 6.45) is 0. The Balaban J connectivity index is 1.62. The SMILES string of the molecule is O=C(O)C1CN(Cc2ccc(Oc3ccc(F)cc3)c(O)c2)C1. The molecule has 0 unspecified atom stereocenters. The summed E-state index contributed by atoms with van der Waals surface area (Å²) in [4.78, 5) is 12.8. The Kier molecular flexibility index (Phi) is 4.16. The predicted molar refractivity (Wildman–Crippen MR) is 81.0 cm³/mol. The third-order valence-corrected chi connectivity index (χ3v) is 3.78. The molecule has 120 valence electrons. The number of rotatable bonds is 5. The van der Waals surface area contributed by atoms with Gasteiger partial charge in [-0.1, -0.05) is 6.07 Å². The highest BCUT2D eigenvalue weighted by molar-refractivity contribution is 5.71. The van der Waals surface area contributed by atoms with Gasteiger partial charge in [-0.05, 0) is 42.0 Å². The Morgan fingerprint density at radius 3 is 2.52 bits per heavy atom. The zero-order valence-corrected chi connectivity index (χ0v) is 12.3. The summed E-state index contributed by atoms with van der Waals surface area (Å²) in [5.74, 6) is -0.723. The zero-order chi connectivity index (χ0) is 16.4. The van der Waals surface area contributed by atoms with Crippen LogP contribution in [0.3, 0.4) is 0 Å². The fourth-order valence-corrected chi connectivity index (χ4v) is 2.49. The first-order chi connectivity index (χ1) is 11.0. The van der Waals surface area contributed by atoms with E-state index >= 15 is 0 Å². The molecule has 1 heterocycles. The van der Waals surface area contributed by atoms with Crippen LogP contribution in [0.2, 0.25) is 0 Å². The van der Waals surface area contributed by atoms with Crippen LogP contribution in [0, 0.1) is 11.7 Å². The minimum absolute atomic E-state index is 0.0119. The van der Waals surface area contributed by atoms with Gasteiger partial charge in [-0.25, -0.2) is 4.39 Å². The summed E-state index contributed by atoms with van der Waals surface area (Å²) in [6, 6.07) is 10.6. The second-order valence-corrected chi connectivity index (χ2v) is 5.59. The fraction of sp³-hybridized carbons (Fsp3) is 0.235. The Morgan fingerprint density at radius 1 is 1.22 bits per heavy atom. The van der Waals surface area contributed by atoms with E-state index in [1.165, 1.54) is 24.3 Å². The van der Waals surface area contributed by atoms with Crippen LogP contribution in [0.5, 0.6) is 17.2 Å². The van der Waals surface area contributed by atoms with E-state index in [1.54, 1.807) is 12.1 Å². The van der Waals surface area contributed by atoms with Gasteiger partial charge in [0.1, 0.15) is 11.6 Å². The Hall–Kier alpha value is -2.60. The summed E-state index contributed by atoms with van der Waals surface area (Å²) < 4.78 is 18.4. The van der Waals surface area contributed by atoms with E-state index in [9.17, 15) is 14.3 Å².